The number of alkyl carbamates (subject to hydrolysis) is 1. The van der Waals surface area contributed by atoms with Crippen LogP contribution in [0, 0.1) is 5.92 Å². The standard InChI is InChI=1S/C14H25NO4/c1-6-11-8-14(11,9-18-10-17-7-2)15-12(16)19-13(3,4)5/h6,11H,1,7-10H2,2-5H3,(H,15,16)/t11-,14+/m1/s1. The summed E-state index contributed by atoms with van der Waals surface area (Å²) in [6.07, 6.45) is 2.24. The van der Waals surface area contributed by atoms with Gasteiger partial charge in [-0.05, 0) is 34.1 Å². The highest BCUT2D eigenvalue weighted by Crippen LogP contribution is 2.44. The zero-order chi connectivity index (χ0) is 14.5. The van der Waals surface area contributed by atoms with E-state index in [1.807, 2.05) is 33.8 Å². The summed E-state index contributed by atoms with van der Waals surface area (Å²) < 4.78 is 15.8. The van der Waals surface area contributed by atoms with Crippen molar-refractivity contribution in [1.82, 2.24) is 5.32 Å². The first-order valence-corrected chi connectivity index (χ1v) is 6.62. The number of hydrogen-bond acceptors (Lipinski definition) is 4. The average molecular weight is 271 g/mol. The van der Waals surface area contributed by atoms with E-state index in [9.17, 15) is 4.79 Å². The molecule has 19 heavy (non-hydrogen) atoms. The fourth-order valence-electron chi connectivity index (χ4n) is 1.86. The molecule has 5 heteroatoms. The molecule has 2 atom stereocenters. The summed E-state index contributed by atoms with van der Waals surface area (Å²) in [4.78, 5) is 11.8. The van der Waals surface area contributed by atoms with Gasteiger partial charge in [-0.25, -0.2) is 4.79 Å². The Morgan fingerprint density at radius 3 is 2.63 bits per heavy atom. The predicted octanol–water partition coefficient (Wildman–Crippen LogP) is 2.47. The lowest BCUT2D eigenvalue weighted by Gasteiger charge is -2.24. The van der Waals surface area contributed by atoms with Crippen LogP contribution in [0.15, 0.2) is 12.7 Å². The lowest BCUT2D eigenvalue weighted by Crippen LogP contribution is -2.44. The molecule has 0 radical (unpaired) electrons. The number of rotatable bonds is 7. The average Bonchev–Trinajstić information content (AvgIpc) is 2.95. The first-order valence-electron chi connectivity index (χ1n) is 6.62. The van der Waals surface area contributed by atoms with Crippen LogP contribution >= 0.6 is 0 Å². The Morgan fingerprint density at radius 1 is 1.47 bits per heavy atom. The minimum absolute atomic E-state index is 0.224. The molecule has 0 spiro atoms. The Bertz CT molecular complexity index is 324. The molecule has 1 fully saturated rings. The predicted molar refractivity (Wildman–Crippen MR) is 72.8 cm³/mol. The summed E-state index contributed by atoms with van der Waals surface area (Å²) in [5, 5.41) is 2.89. The molecule has 0 aromatic carbocycles. The van der Waals surface area contributed by atoms with E-state index in [0.717, 1.165) is 6.42 Å². The highest BCUT2D eigenvalue weighted by atomic mass is 16.7. The maximum Gasteiger partial charge on any atom is 0.408 e. The number of carbonyl (C=O) groups is 1. The minimum Gasteiger partial charge on any atom is -0.444 e. The fourth-order valence-corrected chi connectivity index (χ4v) is 1.86. The highest BCUT2D eigenvalue weighted by molar-refractivity contribution is 5.69. The minimum atomic E-state index is -0.504. The lowest BCUT2D eigenvalue weighted by atomic mass is 10.2. The van der Waals surface area contributed by atoms with Gasteiger partial charge in [-0.2, -0.15) is 0 Å². The quantitative estimate of drug-likeness (QED) is 0.439. The largest absolute Gasteiger partial charge is 0.444 e. The third-order valence-electron chi connectivity index (χ3n) is 2.90. The van der Waals surface area contributed by atoms with Crippen LogP contribution in [0.3, 0.4) is 0 Å². The van der Waals surface area contributed by atoms with Crippen molar-refractivity contribution in [3.63, 3.8) is 0 Å². The van der Waals surface area contributed by atoms with Crippen LogP contribution in [-0.2, 0) is 14.2 Å². The van der Waals surface area contributed by atoms with Gasteiger partial charge in [0.05, 0.1) is 12.1 Å². The number of hydrogen-bond donors (Lipinski definition) is 1. The van der Waals surface area contributed by atoms with E-state index >= 15 is 0 Å². The van der Waals surface area contributed by atoms with Crippen LogP contribution in [0.5, 0.6) is 0 Å². The maximum absolute atomic E-state index is 11.8. The molecule has 0 heterocycles. The normalized spacial score (nSPS) is 25.8. The van der Waals surface area contributed by atoms with Crippen molar-refractivity contribution in [2.45, 2.75) is 45.3 Å². The first-order chi connectivity index (χ1) is 8.83. The van der Waals surface area contributed by atoms with E-state index in [-0.39, 0.29) is 18.2 Å². The Labute approximate surface area is 115 Å². The SMILES string of the molecule is C=C[C@@H]1C[C@@]1(COCOCC)NC(=O)OC(C)(C)C. The van der Waals surface area contributed by atoms with Crippen molar-refractivity contribution in [1.29, 1.82) is 0 Å². The summed E-state index contributed by atoms with van der Waals surface area (Å²) in [6, 6.07) is 0. The van der Waals surface area contributed by atoms with E-state index in [1.54, 1.807) is 0 Å². The smallest absolute Gasteiger partial charge is 0.408 e. The molecule has 0 bridgehead atoms. The second-order valence-electron chi connectivity index (χ2n) is 5.79. The van der Waals surface area contributed by atoms with E-state index < -0.39 is 11.7 Å². The molecule has 1 aliphatic carbocycles. The van der Waals surface area contributed by atoms with Crippen LogP contribution in [0.2, 0.25) is 0 Å². The van der Waals surface area contributed by atoms with Crippen LogP contribution in [0.1, 0.15) is 34.1 Å². The Morgan fingerprint density at radius 2 is 2.16 bits per heavy atom. The molecule has 110 valence electrons. The summed E-state index contributed by atoms with van der Waals surface area (Å²) in [7, 11) is 0. The maximum atomic E-state index is 11.8. The van der Waals surface area contributed by atoms with E-state index in [1.165, 1.54) is 0 Å². The van der Waals surface area contributed by atoms with Gasteiger partial charge in [0.2, 0.25) is 0 Å². The van der Waals surface area contributed by atoms with E-state index in [4.69, 9.17) is 14.2 Å². The number of nitrogens with one attached hydrogen (secondary N) is 1. The molecule has 0 aromatic heterocycles. The van der Waals surface area contributed by atoms with Crippen molar-refractivity contribution in [2.75, 3.05) is 20.0 Å². The lowest BCUT2D eigenvalue weighted by molar-refractivity contribution is -0.0596. The van der Waals surface area contributed by atoms with Gasteiger partial charge in [-0.15, -0.1) is 6.58 Å². The molecule has 1 N–H and O–H groups in total. The zero-order valence-corrected chi connectivity index (χ0v) is 12.3. The third-order valence-corrected chi connectivity index (χ3v) is 2.90. The zero-order valence-electron chi connectivity index (χ0n) is 12.3. The van der Waals surface area contributed by atoms with Gasteiger partial charge in [0.1, 0.15) is 12.4 Å². The first kappa shape index (κ1) is 16.0. The van der Waals surface area contributed by atoms with Gasteiger partial charge in [0.25, 0.3) is 0 Å². The molecule has 1 aliphatic rings. The summed E-state index contributed by atoms with van der Waals surface area (Å²) >= 11 is 0. The molecule has 1 saturated carbocycles. The number of amides is 1. The van der Waals surface area contributed by atoms with Gasteiger partial charge in [0.15, 0.2) is 0 Å². The van der Waals surface area contributed by atoms with Crippen molar-refractivity contribution in [3.8, 4) is 0 Å². The summed E-state index contributed by atoms with van der Waals surface area (Å²) in [5.74, 6) is 0.224. The second kappa shape index (κ2) is 6.39. The van der Waals surface area contributed by atoms with Crippen LogP contribution in [-0.4, -0.2) is 37.2 Å². The summed E-state index contributed by atoms with van der Waals surface area (Å²) in [6.45, 7) is 12.4. The molecule has 0 aliphatic heterocycles. The van der Waals surface area contributed by atoms with Gasteiger partial charge in [0, 0.05) is 12.5 Å². The molecule has 0 saturated heterocycles. The van der Waals surface area contributed by atoms with Crippen molar-refractivity contribution in [3.05, 3.63) is 12.7 Å². The third kappa shape index (κ3) is 5.20. The Hall–Kier alpha value is -1.07. The molecule has 1 amide bonds. The second-order valence-corrected chi connectivity index (χ2v) is 5.79. The van der Waals surface area contributed by atoms with Gasteiger partial charge in [-0.3, -0.25) is 0 Å². The molecule has 1 rings (SSSR count). The van der Waals surface area contributed by atoms with Crippen molar-refractivity contribution >= 4 is 6.09 Å². The Balaban J connectivity index is 2.44. The van der Waals surface area contributed by atoms with Crippen molar-refractivity contribution < 1.29 is 19.0 Å². The molecule has 0 aromatic rings. The fraction of sp³-hybridized carbons (Fsp3) is 0.786. The van der Waals surface area contributed by atoms with Crippen LogP contribution in [0.25, 0.3) is 0 Å². The summed E-state index contributed by atoms with van der Waals surface area (Å²) in [5.41, 5.74) is -0.892. The molecular formula is C14H25NO4. The van der Waals surface area contributed by atoms with Gasteiger partial charge in [-0.1, -0.05) is 6.08 Å². The number of carbonyl (C=O) groups excluding carboxylic acids is 1. The van der Waals surface area contributed by atoms with Gasteiger partial charge >= 0.3 is 6.09 Å². The van der Waals surface area contributed by atoms with Crippen LogP contribution < -0.4 is 5.32 Å². The number of ether oxygens (including phenoxy) is 3. The van der Waals surface area contributed by atoms with E-state index in [0.29, 0.717) is 13.2 Å². The monoisotopic (exact) mass is 271 g/mol. The Kier molecular flexibility index (Phi) is 5.38. The van der Waals surface area contributed by atoms with Crippen LogP contribution in [0.4, 0.5) is 4.79 Å². The van der Waals surface area contributed by atoms with Gasteiger partial charge < -0.3 is 19.5 Å². The topological polar surface area (TPSA) is 56.8 Å². The highest BCUT2D eigenvalue weighted by Gasteiger charge is 2.54. The molecular weight excluding hydrogens is 246 g/mol. The van der Waals surface area contributed by atoms with E-state index in [2.05, 4.69) is 11.9 Å². The molecule has 5 nitrogen and oxygen atoms in total. The molecule has 0 unspecified atom stereocenters. The van der Waals surface area contributed by atoms with Crippen molar-refractivity contribution in [2.24, 2.45) is 5.92 Å².